The molecule has 1 nitrogen and oxygen atoms in total. The maximum absolute atomic E-state index is 6.03. The van der Waals surface area contributed by atoms with Crippen LogP contribution in [0.5, 0.6) is 0 Å². The van der Waals surface area contributed by atoms with Gasteiger partial charge in [-0.3, -0.25) is 0 Å². The molecule has 0 aliphatic heterocycles. The molecule has 0 radical (unpaired) electrons. The standard InChI is InChI=1S/C16H17Cl2NS/c1-3-19-11(2)12-4-6-13(7-5-12)20-14-8-9-15(17)16(18)10-14/h4-11,19H,3H2,1-2H3. The summed E-state index contributed by atoms with van der Waals surface area (Å²) in [6.45, 7) is 5.26. The van der Waals surface area contributed by atoms with Crippen LogP contribution in [0.3, 0.4) is 0 Å². The van der Waals surface area contributed by atoms with E-state index in [1.54, 1.807) is 11.8 Å². The summed E-state index contributed by atoms with van der Waals surface area (Å²) >= 11 is 13.6. The highest BCUT2D eigenvalue weighted by atomic mass is 35.5. The largest absolute Gasteiger partial charge is 0.310 e. The summed E-state index contributed by atoms with van der Waals surface area (Å²) in [7, 11) is 0. The second-order valence-electron chi connectivity index (χ2n) is 4.53. The molecule has 0 bridgehead atoms. The molecule has 4 heteroatoms. The molecular formula is C16H17Cl2NS. The predicted molar refractivity (Wildman–Crippen MR) is 89.1 cm³/mol. The number of halogens is 2. The Morgan fingerprint density at radius 3 is 2.25 bits per heavy atom. The SMILES string of the molecule is CCNC(C)c1ccc(Sc2ccc(Cl)c(Cl)c2)cc1. The maximum atomic E-state index is 6.03. The molecule has 1 N–H and O–H groups in total. The topological polar surface area (TPSA) is 12.0 Å². The van der Waals surface area contributed by atoms with E-state index in [0.29, 0.717) is 16.1 Å². The lowest BCUT2D eigenvalue weighted by atomic mass is 10.1. The molecule has 0 saturated heterocycles. The first-order valence-electron chi connectivity index (χ1n) is 6.56. The van der Waals surface area contributed by atoms with E-state index in [4.69, 9.17) is 23.2 Å². The lowest BCUT2D eigenvalue weighted by Gasteiger charge is -2.13. The van der Waals surface area contributed by atoms with E-state index < -0.39 is 0 Å². The van der Waals surface area contributed by atoms with Gasteiger partial charge < -0.3 is 5.32 Å². The molecule has 106 valence electrons. The first-order chi connectivity index (χ1) is 9.60. The van der Waals surface area contributed by atoms with Gasteiger partial charge in [-0.05, 0) is 49.4 Å². The van der Waals surface area contributed by atoms with Gasteiger partial charge in [-0.2, -0.15) is 0 Å². The van der Waals surface area contributed by atoms with Crippen LogP contribution >= 0.6 is 35.0 Å². The van der Waals surface area contributed by atoms with Crippen LogP contribution in [0, 0.1) is 0 Å². The lowest BCUT2D eigenvalue weighted by Crippen LogP contribution is -2.17. The zero-order valence-electron chi connectivity index (χ0n) is 11.5. The molecule has 2 rings (SSSR count). The third-order valence-corrected chi connectivity index (χ3v) is 4.75. The molecule has 20 heavy (non-hydrogen) atoms. The Morgan fingerprint density at radius 1 is 1.00 bits per heavy atom. The fourth-order valence-corrected chi connectivity index (χ4v) is 3.14. The van der Waals surface area contributed by atoms with Gasteiger partial charge in [0, 0.05) is 15.8 Å². The Labute approximate surface area is 134 Å². The molecule has 1 atom stereocenters. The van der Waals surface area contributed by atoms with Gasteiger partial charge in [0.25, 0.3) is 0 Å². The Kier molecular flexibility index (Phi) is 5.79. The number of rotatable bonds is 5. The van der Waals surface area contributed by atoms with Gasteiger partial charge in [0.2, 0.25) is 0 Å². The highest BCUT2D eigenvalue weighted by Crippen LogP contribution is 2.32. The molecule has 0 aromatic heterocycles. The first kappa shape index (κ1) is 15.7. The molecule has 0 fully saturated rings. The Balaban J connectivity index is 2.08. The van der Waals surface area contributed by atoms with Crippen LogP contribution in [0.15, 0.2) is 52.3 Å². The normalized spacial score (nSPS) is 12.4. The molecular weight excluding hydrogens is 309 g/mol. The van der Waals surface area contributed by atoms with Gasteiger partial charge in [0.05, 0.1) is 10.0 Å². The van der Waals surface area contributed by atoms with E-state index >= 15 is 0 Å². The smallest absolute Gasteiger partial charge is 0.0603 e. The number of hydrogen-bond acceptors (Lipinski definition) is 2. The molecule has 0 amide bonds. The van der Waals surface area contributed by atoms with Crippen molar-refractivity contribution in [3.05, 3.63) is 58.1 Å². The van der Waals surface area contributed by atoms with Crippen molar-refractivity contribution in [2.24, 2.45) is 0 Å². The van der Waals surface area contributed by atoms with Crippen LogP contribution in [-0.2, 0) is 0 Å². The molecule has 0 aliphatic rings. The molecule has 0 saturated carbocycles. The van der Waals surface area contributed by atoms with Gasteiger partial charge in [-0.1, -0.05) is 54.0 Å². The zero-order valence-corrected chi connectivity index (χ0v) is 13.8. The summed E-state index contributed by atoms with van der Waals surface area (Å²) in [5.74, 6) is 0. The second-order valence-corrected chi connectivity index (χ2v) is 6.49. The van der Waals surface area contributed by atoms with Crippen molar-refractivity contribution >= 4 is 35.0 Å². The minimum Gasteiger partial charge on any atom is -0.310 e. The van der Waals surface area contributed by atoms with Gasteiger partial charge in [-0.25, -0.2) is 0 Å². The fraction of sp³-hybridized carbons (Fsp3) is 0.250. The van der Waals surface area contributed by atoms with Crippen LogP contribution < -0.4 is 5.32 Å². The lowest BCUT2D eigenvalue weighted by molar-refractivity contribution is 0.598. The van der Waals surface area contributed by atoms with E-state index in [9.17, 15) is 0 Å². The summed E-state index contributed by atoms with van der Waals surface area (Å²) in [5, 5.41) is 4.59. The minimum atomic E-state index is 0.379. The van der Waals surface area contributed by atoms with Crippen LogP contribution in [0.1, 0.15) is 25.5 Å². The predicted octanol–water partition coefficient (Wildman–Crippen LogP) is 5.82. The molecule has 1 unspecified atom stereocenters. The van der Waals surface area contributed by atoms with Crippen molar-refractivity contribution in [3.8, 4) is 0 Å². The Morgan fingerprint density at radius 2 is 1.65 bits per heavy atom. The first-order valence-corrected chi connectivity index (χ1v) is 8.13. The van der Waals surface area contributed by atoms with Crippen molar-refractivity contribution in [3.63, 3.8) is 0 Å². The van der Waals surface area contributed by atoms with Crippen LogP contribution in [0.4, 0.5) is 0 Å². The van der Waals surface area contributed by atoms with E-state index in [1.165, 1.54) is 10.5 Å². The monoisotopic (exact) mass is 325 g/mol. The summed E-state index contributed by atoms with van der Waals surface area (Å²) in [6.07, 6.45) is 0. The quantitative estimate of drug-likeness (QED) is 0.743. The molecule has 0 aliphatic carbocycles. The number of hydrogen-bond donors (Lipinski definition) is 1. The Bertz CT molecular complexity index is 569. The third-order valence-electron chi connectivity index (χ3n) is 3.02. The number of benzene rings is 2. The summed E-state index contributed by atoms with van der Waals surface area (Å²) in [4.78, 5) is 2.28. The van der Waals surface area contributed by atoms with E-state index in [0.717, 1.165) is 11.4 Å². The van der Waals surface area contributed by atoms with Crippen molar-refractivity contribution in [2.45, 2.75) is 29.7 Å². The molecule has 0 heterocycles. The van der Waals surface area contributed by atoms with Crippen molar-refractivity contribution in [2.75, 3.05) is 6.54 Å². The molecule has 2 aromatic rings. The summed E-state index contributed by atoms with van der Waals surface area (Å²) in [5.41, 5.74) is 1.30. The molecule has 0 spiro atoms. The average molecular weight is 326 g/mol. The average Bonchev–Trinajstić information content (AvgIpc) is 2.44. The molecule has 2 aromatic carbocycles. The highest BCUT2D eigenvalue weighted by molar-refractivity contribution is 7.99. The van der Waals surface area contributed by atoms with Crippen molar-refractivity contribution < 1.29 is 0 Å². The van der Waals surface area contributed by atoms with Crippen LogP contribution in [-0.4, -0.2) is 6.54 Å². The van der Waals surface area contributed by atoms with Gasteiger partial charge in [0.1, 0.15) is 0 Å². The Hall–Kier alpha value is -0.670. The van der Waals surface area contributed by atoms with Gasteiger partial charge >= 0.3 is 0 Å². The van der Waals surface area contributed by atoms with E-state index in [1.807, 2.05) is 18.2 Å². The minimum absolute atomic E-state index is 0.379. The second kappa shape index (κ2) is 7.37. The maximum Gasteiger partial charge on any atom is 0.0603 e. The van der Waals surface area contributed by atoms with Crippen molar-refractivity contribution in [1.29, 1.82) is 0 Å². The van der Waals surface area contributed by atoms with E-state index in [-0.39, 0.29) is 0 Å². The zero-order chi connectivity index (χ0) is 14.5. The highest BCUT2D eigenvalue weighted by Gasteiger charge is 2.05. The van der Waals surface area contributed by atoms with Gasteiger partial charge in [-0.15, -0.1) is 0 Å². The summed E-state index contributed by atoms with van der Waals surface area (Å²) in [6, 6.07) is 14.7. The van der Waals surface area contributed by atoms with Gasteiger partial charge in [0.15, 0.2) is 0 Å². The fourth-order valence-electron chi connectivity index (χ4n) is 1.93. The third kappa shape index (κ3) is 4.16. The number of nitrogens with one attached hydrogen (secondary N) is 1. The van der Waals surface area contributed by atoms with Crippen LogP contribution in [0.25, 0.3) is 0 Å². The van der Waals surface area contributed by atoms with E-state index in [2.05, 4.69) is 43.4 Å². The summed E-state index contributed by atoms with van der Waals surface area (Å²) < 4.78 is 0. The van der Waals surface area contributed by atoms with Crippen LogP contribution in [0.2, 0.25) is 10.0 Å². The van der Waals surface area contributed by atoms with Crippen molar-refractivity contribution in [1.82, 2.24) is 5.32 Å².